The van der Waals surface area contributed by atoms with Crippen molar-refractivity contribution in [2.24, 2.45) is 4.99 Å². The molecule has 3 nitrogen and oxygen atoms in total. The van der Waals surface area contributed by atoms with E-state index in [2.05, 4.69) is 36.9 Å². The first kappa shape index (κ1) is 12.9. The fourth-order valence-electron chi connectivity index (χ4n) is 2.00. The second kappa shape index (κ2) is 5.40. The molecular weight excluding hydrogens is 350 g/mol. The van der Waals surface area contributed by atoms with E-state index in [0.717, 1.165) is 39.1 Å². The number of hydrogen-bond acceptors (Lipinski definition) is 3. The fourth-order valence-corrected chi connectivity index (χ4v) is 3.00. The van der Waals surface area contributed by atoms with Crippen LogP contribution in [0.5, 0.6) is 5.75 Å². The molecule has 0 aliphatic carbocycles. The van der Waals surface area contributed by atoms with Crippen molar-refractivity contribution in [3.8, 4) is 5.75 Å². The van der Waals surface area contributed by atoms with Crippen LogP contribution in [0.1, 0.15) is 17.9 Å². The molecule has 1 aromatic rings. The summed E-state index contributed by atoms with van der Waals surface area (Å²) in [4.78, 5) is 4.36. The summed E-state index contributed by atoms with van der Waals surface area (Å²) in [6.07, 6.45) is 0.821. The van der Waals surface area contributed by atoms with Gasteiger partial charge < -0.3 is 9.47 Å². The van der Waals surface area contributed by atoms with Gasteiger partial charge in [-0.25, -0.2) is 0 Å². The highest BCUT2D eigenvalue weighted by atomic mass is 79.9. The van der Waals surface area contributed by atoms with Crippen LogP contribution in [0.4, 0.5) is 0 Å². The van der Waals surface area contributed by atoms with Crippen molar-refractivity contribution < 1.29 is 9.47 Å². The van der Waals surface area contributed by atoms with Crippen LogP contribution in [0.25, 0.3) is 0 Å². The van der Waals surface area contributed by atoms with E-state index in [0.29, 0.717) is 5.92 Å². The Morgan fingerprint density at radius 1 is 1.24 bits per heavy atom. The summed E-state index contributed by atoms with van der Waals surface area (Å²) in [5.41, 5.74) is 1.15. The smallest absolute Gasteiger partial charge is 0.183 e. The third kappa shape index (κ3) is 2.50. The first-order valence-corrected chi connectivity index (χ1v) is 6.85. The van der Waals surface area contributed by atoms with E-state index in [4.69, 9.17) is 9.47 Å². The molecule has 0 bridgehead atoms. The summed E-state index contributed by atoms with van der Waals surface area (Å²) in [5.74, 6) is 2.01. The third-order valence-electron chi connectivity index (χ3n) is 2.87. The van der Waals surface area contributed by atoms with E-state index < -0.39 is 0 Å². The predicted octanol–water partition coefficient (Wildman–Crippen LogP) is 3.75. The molecule has 1 aliphatic rings. The number of aliphatic imine (C=N–C) groups is 1. The number of rotatable bonds is 2. The van der Waals surface area contributed by atoms with E-state index in [9.17, 15) is 0 Å². The van der Waals surface area contributed by atoms with E-state index in [1.807, 2.05) is 12.1 Å². The van der Waals surface area contributed by atoms with Crippen LogP contribution >= 0.6 is 31.9 Å². The molecule has 1 atom stereocenters. The van der Waals surface area contributed by atoms with Crippen LogP contribution in [0.2, 0.25) is 0 Å². The van der Waals surface area contributed by atoms with Crippen LogP contribution in [0, 0.1) is 0 Å². The van der Waals surface area contributed by atoms with Gasteiger partial charge in [-0.3, -0.25) is 4.99 Å². The van der Waals surface area contributed by atoms with Crippen LogP contribution in [-0.2, 0) is 4.74 Å². The van der Waals surface area contributed by atoms with Crippen molar-refractivity contribution in [1.29, 1.82) is 0 Å². The Morgan fingerprint density at radius 2 is 2.00 bits per heavy atom. The Labute approximate surface area is 117 Å². The minimum Gasteiger partial charge on any atom is -0.496 e. The van der Waals surface area contributed by atoms with Gasteiger partial charge in [0.25, 0.3) is 0 Å². The maximum absolute atomic E-state index is 5.42. The summed E-state index contributed by atoms with van der Waals surface area (Å²) in [5, 5.41) is 0. The number of ether oxygens (including phenoxy) is 2. The van der Waals surface area contributed by atoms with Gasteiger partial charge in [0.1, 0.15) is 5.75 Å². The molecule has 17 heavy (non-hydrogen) atoms. The number of hydrogen-bond donors (Lipinski definition) is 0. The highest BCUT2D eigenvalue weighted by Crippen LogP contribution is 2.41. The zero-order chi connectivity index (χ0) is 12.4. The molecule has 0 spiro atoms. The van der Waals surface area contributed by atoms with Crippen LogP contribution in [0.3, 0.4) is 0 Å². The zero-order valence-corrected chi connectivity index (χ0v) is 12.8. The van der Waals surface area contributed by atoms with Crippen molar-refractivity contribution in [1.82, 2.24) is 0 Å². The van der Waals surface area contributed by atoms with Gasteiger partial charge in [0.15, 0.2) is 5.90 Å². The third-order valence-corrected chi connectivity index (χ3v) is 4.91. The molecule has 0 saturated heterocycles. The lowest BCUT2D eigenvalue weighted by Crippen LogP contribution is -2.05. The molecule has 0 radical (unpaired) electrons. The molecule has 0 amide bonds. The maximum atomic E-state index is 5.42. The summed E-state index contributed by atoms with van der Waals surface area (Å²) in [6.45, 7) is 0.745. The van der Waals surface area contributed by atoms with E-state index in [-0.39, 0.29) is 0 Å². The molecule has 0 fully saturated rings. The first-order chi connectivity index (χ1) is 8.17. The average Bonchev–Trinajstić information content (AvgIpc) is 2.80. The van der Waals surface area contributed by atoms with E-state index >= 15 is 0 Å². The lowest BCUT2D eigenvalue weighted by Gasteiger charge is -2.16. The van der Waals surface area contributed by atoms with Crippen molar-refractivity contribution >= 4 is 37.8 Å². The fraction of sp³-hybridized carbons (Fsp3) is 0.417. The van der Waals surface area contributed by atoms with Crippen LogP contribution in [-0.4, -0.2) is 26.7 Å². The van der Waals surface area contributed by atoms with Gasteiger partial charge in [0.05, 0.1) is 20.8 Å². The van der Waals surface area contributed by atoms with Gasteiger partial charge in [0.2, 0.25) is 0 Å². The number of nitrogens with zero attached hydrogens (tertiary/aromatic N) is 1. The Kier molecular flexibility index (Phi) is 4.09. The molecule has 0 aromatic heterocycles. The molecule has 0 saturated carbocycles. The van der Waals surface area contributed by atoms with Crippen molar-refractivity contribution in [2.45, 2.75) is 12.3 Å². The van der Waals surface area contributed by atoms with Gasteiger partial charge in [-0.1, -0.05) is 0 Å². The Bertz CT molecular complexity index is 460. The van der Waals surface area contributed by atoms with Crippen molar-refractivity contribution in [3.05, 3.63) is 26.6 Å². The Morgan fingerprint density at radius 3 is 2.59 bits per heavy atom. The SMILES string of the molecule is COC1=NCC(c2c(OC)ccc(Br)c2Br)C1. The average molecular weight is 363 g/mol. The highest BCUT2D eigenvalue weighted by molar-refractivity contribution is 9.13. The molecule has 1 unspecified atom stereocenters. The topological polar surface area (TPSA) is 30.8 Å². The van der Waals surface area contributed by atoms with E-state index in [1.54, 1.807) is 14.2 Å². The molecule has 5 heteroatoms. The largest absolute Gasteiger partial charge is 0.496 e. The van der Waals surface area contributed by atoms with E-state index in [1.165, 1.54) is 0 Å². The second-order valence-electron chi connectivity index (χ2n) is 3.82. The number of methoxy groups -OCH3 is 2. The summed E-state index contributed by atoms with van der Waals surface area (Å²) in [7, 11) is 3.35. The Hall–Kier alpha value is -0.550. The first-order valence-electron chi connectivity index (χ1n) is 5.26. The molecule has 1 heterocycles. The van der Waals surface area contributed by atoms with Crippen LogP contribution < -0.4 is 4.74 Å². The molecular formula is C12H13Br2NO2. The lowest BCUT2D eigenvalue weighted by atomic mass is 9.97. The molecule has 2 rings (SSSR count). The molecule has 92 valence electrons. The van der Waals surface area contributed by atoms with Gasteiger partial charge in [-0.2, -0.15) is 0 Å². The number of benzene rings is 1. The van der Waals surface area contributed by atoms with Gasteiger partial charge in [-0.05, 0) is 44.0 Å². The summed E-state index contributed by atoms with van der Waals surface area (Å²) in [6, 6.07) is 3.94. The monoisotopic (exact) mass is 361 g/mol. The normalized spacial score (nSPS) is 19.1. The molecule has 0 N–H and O–H groups in total. The summed E-state index contributed by atoms with van der Waals surface area (Å²) < 4.78 is 12.7. The summed E-state index contributed by atoms with van der Waals surface area (Å²) >= 11 is 7.12. The minimum atomic E-state index is 0.312. The van der Waals surface area contributed by atoms with Gasteiger partial charge in [-0.15, -0.1) is 0 Å². The highest BCUT2D eigenvalue weighted by Gasteiger charge is 2.26. The van der Waals surface area contributed by atoms with Crippen molar-refractivity contribution in [2.75, 3.05) is 20.8 Å². The quantitative estimate of drug-likeness (QED) is 0.802. The maximum Gasteiger partial charge on any atom is 0.183 e. The lowest BCUT2D eigenvalue weighted by molar-refractivity contribution is 0.390. The zero-order valence-electron chi connectivity index (χ0n) is 9.67. The standard InChI is InChI=1S/C12H13Br2NO2/c1-16-9-4-3-8(13)12(14)11(9)7-5-10(17-2)15-6-7/h3-4,7H,5-6H2,1-2H3. The Balaban J connectivity index is 2.35. The number of halogens is 2. The second-order valence-corrected chi connectivity index (χ2v) is 5.46. The minimum absolute atomic E-state index is 0.312. The molecule has 1 aliphatic heterocycles. The van der Waals surface area contributed by atoms with Crippen LogP contribution in [0.15, 0.2) is 26.1 Å². The van der Waals surface area contributed by atoms with Gasteiger partial charge >= 0.3 is 0 Å². The van der Waals surface area contributed by atoms with Crippen molar-refractivity contribution in [3.63, 3.8) is 0 Å². The predicted molar refractivity (Wildman–Crippen MR) is 75.1 cm³/mol. The van der Waals surface area contributed by atoms with Gasteiger partial charge in [0, 0.05) is 26.8 Å². The molecule has 1 aromatic carbocycles.